The molecule has 0 amide bonds. The van der Waals surface area contributed by atoms with Crippen LogP contribution < -0.4 is 0 Å². The Hall–Kier alpha value is -3.37. The molecule has 4 aromatic carbocycles. The van der Waals surface area contributed by atoms with Crippen molar-refractivity contribution in [1.82, 2.24) is 0 Å². The van der Waals surface area contributed by atoms with Gasteiger partial charge in [-0.25, -0.2) is 0 Å². The summed E-state index contributed by atoms with van der Waals surface area (Å²) in [5.74, 6) is -5.07. The van der Waals surface area contributed by atoms with Gasteiger partial charge in [0, 0.05) is 37.5 Å². The zero-order valence-corrected chi connectivity index (χ0v) is 26.5. The van der Waals surface area contributed by atoms with Gasteiger partial charge >= 0.3 is 5.97 Å². The summed E-state index contributed by atoms with van der Waals surface area (Å²) in [6.07, 6.45) is -0.226. The summed E-state index contributed by atoms with van der Waals surface area (Å²) < 4.78 is 5.62. The molecule has 1 fully saturated rings. The Morgan fingerprint density at radius 3 is 1.89 bits per heavy atom. The third-order valence-corrected chi connectivity index (χ3v) is 9.67. The van der Waals surface area contributed by atoms with Gasteiger partial charge in [-0.3, -0.25) is 9.59 Å². The number of Topliss-reactive ketones (excluding diaryl/α,β-unsaturated/α-hetero) is 1. The molecule has 1 aliphatic carbocycles. The standard InChI is InChI=1S/C35H27Cl4NO4/c1-2-44-33(42)34(20-40)27(25-7-3-5-9-28(25)38)19-35(43,22-13-17-24(37)18-14-22)31(30(34)26-8-4-6-10-29(26)39)32(41)21-11-15-23(36)16-12-21/h3-18,27,30-31,43H,2,19H2,1H3/t27-,30+,31+,34+,35+/m1/s1. The third-order valence-electron chi connectivity index (χ3n) is 8.48. The Morgan fingerprint density at radius 1 is 0.841 bits per heavy atom. The first-order chi connectivity index (χ1) is 21.1. The molecule has 0 radical (unpaired) electrons. The summed E-state index contributed by atoms with van der Waals surface area (Å²) in [6.45, 7) is 1.62. The first kappa shape index (κ1) is 32.0. The number of hydrogen-bond acceptors (Lipinski definition) is 5. The molecule has 9 heteroatoms. The summed E-state index contributed by atoms with van der Waals surface area (Å²) in [5, 5.41) is 25.6. The number of nitrogens with zero attached hydrogens (tertiary/aromatic N) is 1. The van der Waals surface area contributed by atoms with E-state index in [0.717, 1.165) is 0 Å². The molecule has 0 saturated heterocycles. The molecule has 0 aromatic heterocycles. The lowest BCUT2D eigenvalue weighted by molar-refractivity contribution is -0.164. The van der Waals surface area contributed by atoms with Gasteiger partial charge in [-0.1, -0.05) is 94.9 Å². The molecule has 5 rings (SSSR count). The van der Waals surface area contributed by atoms with Gasteiger partial charge < -0.3 is 9.84 Å². The zero-order chi connectivity index (χ0) is 31.6. The summed E-state index contributed by atoms with van der Waals surface area (Å²) in [7, 11) is 0. The first-order valence-corrected chi connectivity index (χ1v) is 15.4. The minimum Gasteiger partial charge on any atom is -0.465 e. The van der Waals surface area contributed by atoms with Crippen molar-refractivity contribution in [3.63, 3.8) is 0 Å². The van der Waals surface area contributed by atoms with E-state index in [1.54, 1.807) is 104 Å². The highest BCUT2D eigenvalue weighted by molar-refractivity contribution is 6.32. The van der Waals surface area contributed by atoms with Crippen LogP contribution in [0, 0.1) is 22.7 Å². The number of nitriles is 1. The van der Waals surface area contributed by atoms with Crippen molar-refractivity contribution in [3.05, 3.63) is 139 Å². The van der Waals surface area contributed by atoms with Crippen LogP contribution in [0.1, 0.15) is 52.2 Å². The SMILES string of the molecule is CCOC(=O)[C@@]1(C#N)[C@@H](c2ccccc2Cl)C[C@](O)(c2ccc(Cl)cc2)[C@H](C(=O)c2ccc(Cl)cc2)[C@@H]1c1ccccc1Cl. The number of esters is 1. The monoisotopic (exact) mass is 665 g/mol. The maximum Gasteiger partial charge on any atom is 0.327 e. The fourth-order valence-corrected chi connectivity index (χ4v) is 7.30. The lowest BCUT2D eigenvalue weighted by atomic mass is 9.47. The van der Waals surface area contributed by atoms with Crippen molar-refractivity contribution in [2.45, 2.75) is 30.8 Å². The number of carbonyl (C=O) groups excluding carboxylic acids is 2. The lowest BCUT2D eigenvalue weighted by Crippen LogP contribution is -2.59. The Kier molecular flexibility index (Phi) is 9.41. The van der Waals surface area contributed by atoms with Crippen LogP contribution in [0.4, 0.5) is 0 Å². The molecule has 1 N–H and O–H groups in total. The number of halogens is 4. The van der Waals surface area contributed by atoms with E-state index in [0.29, 0.717) is 31.8 Å². The summed E-state index contributed by atoms with van der Waals surface area (Å²) in [6, 6.07) is 28.6. The van der Waals surface area contributed by atoms with Crippen molar-refractivity contribution >= 4 is 58.2 Å². The van der Waals surface area contributed by atoms with Crippen LogP contribution in [0.5, 0.6) is 0 Å². The predicted molar refractivity (Wildman–Crippen MR) is 172 cm³/mol. The van der Waals surface area contributed by atoms with E-state index in [4.69, 9.17) is 51.1 Å². The zero-order valence-electron chi connectivity index (χ0n) is 23.5. The maximum atomic E-state index is 14.8. The van der Waals surface area contributed by atoms with Crippen molar-refractivity contribution in [2.24, 2.45) is 11.3 Å². The van der Waals surface area contributed by atoms with E-state index in [1.807, 2.05) is 0 Å². The number of benzene rings is 4. The Balaban J connectivity index is 1.93. The van der Waals surface area contributed by atoms with Crippen molar-refractivity contribution in [1.29, 1.82) is 5.26 Å². The fourth-order valence-electron chi connectivity index (χ4n) is 6.53. The average Bonchev–Trinajstić information content (AvgIpc) is 3.01. The highest BCUT2D eigenvalue weighted by Crippen LogP contribution is 2.65. The van der Waals surface area contributed by atoms with Crippen LogP contribution in [0.3, 0.4) is 0 Å². The van der Waals surface area contributed by atoms with Gasteiger partial charge in [0.15, 0.2) is 11.2 Å². The van der Waals surface area contributed by atoms with Crippen LogP contribution in [-0.2, 0) is 15.1 Å². The van der Waals surface area contributed by atoms with Gasteiger partial charge in [0.25, 0.3) is 0 Å². The molecule has 1 aliphatic rings. The largest absolute Gasteiger partial charge is 0.465 e. The first-order valence-electron chi connectivity index (χ1n) is 13.9. The highest BCUT2D eigenvalue weighted by Gasteiger charge is 2.68. The molecular formula is C35H27Cl4NO4. The van der Waals surface area contributed by atoms with E-state index < -0.39 is 40.5 Å². The van der Waals surface area contributed by atoms with Gasteiger partial charge in [0.05, 0.1) is 18.6 Å². The molecule has 4 aromatic rings. The second-order valence-corrected chi connectivity index (χ2v) is 12.4. The number of carbonyl (C=O) groups is 2. The van der Waals surface area contributed by atoms with Gasteiger partial charge in [-0.05, 0) is 78.6 Å². The Morgan fingerprint density at radius 2 is 1.36 bits per heavy atom. The molecular weight excluding hydrogens is 640 g/mol. The Bertz CT molecular complexity index is 1740. The van der Waals surface area contributed by atoms with Crippen molar-refractivity contribution in [2.75, 3.05) is 6.61 Å². The summed E-state index contributed by atoms with van der Waals surface area (Å²) in [5.41, 5.74) is -2.60. The third kappa shape index (κ3) is 5.51. The molecule has 1 saturated carbocycles. The fraction of sp³-hybridized carbons (Fsp3) is 0.229. The second-order valence-electron chi connectivity index (χ2n) is 10.8. The highest BCUT2D eigenvalue weighted by atomic mass is 35.5. The summed E-state index contributed by atoms with van der Waals surface area (Å²) >= 11 is 26.0. The minimum atomic E-state index is -2.04. The van der Waals surface area contributed by atoms with Gasteiger partial charge in [0.2, 0.25) is 0 Å². The number of hydrogen-bond donors (Lipinski definition) is 1. The van der Waals surface area contributed by atoms with Crippen molar-refractivity contribution < 1.29 is 19.4 Å². The molecule has 0 heterocycles. The molecule has 0 bridgehead atoms. The summed E-state index contributed by atoms with van der Waals surface area (Å²) in [4.78, 5) is 29.1. The molecule has 0 spiro atoms. The topological polar surface area (TPSA) is 87.4 Å². The number of ether oxygens (including phenoxy) is 1. The van der Waals surface area contributed by atoms with E-state index in [1.165, 1.54) is 0 Å². The van der Waals surface area contributed by atoms with Crippen LogP contribution in [0.25, 0.3) is 0 Å². The maximum absolute atomic E-state index is 14.8. The number of ketones is 1. The minimum absolute atomic E-state index is 0.0238. The normalized spacial score (nSPS) is 24.7. The van der Waals surface area contributed by atoms with Crippen LogP contribution >= 0.6 is 46.4 Å². The predicted octanol–water partition coefficient (Wildman–Crippen LogP) is 9.03. The van der Waals surface area contributed by atoms with Gasteiger partial charge in [-0.2, -0.15) is 5.26 Å². The Labute approximate surface area is 275 Å². The molecule has 0 aliphatic heterocycles. The molecule has 44 heavy (non-hydrogen) atoms. The van der Waals surface area contributed by atoms with Crippen LogP contribution in [0.2, 0.25) is 20.1 Å². The molecule has 0 unspecified atom stereocenters. The quantitative estimate of drug-likeness (QED) is 0.157. The lowest BCUT2D eigenvalue weighted by Gasteiger charge is -2.54. The molecule has 224 valence electrons. The van der Waals surface area contributed by atoms with E-state index in [2.05, 4.69) is 6.07 Å². The smallest absolute Gasteiger partial charge is 0.327 e. The molecule has 5 atom stereocenters. The van der Waals surface area contributed by atoms with Crippen LogP contribution in [-0.4, -0.2) is 23.5 Å². The van der Waals surface area contributed by atoms with Gasteiger partial charge in [-0.15, -0.1) is 0 Å². The van der Waals surface area contributed by atoms with Gasteiger partial charge in [0.1, 0.15) is 5.60 Å². The van der Waals surface area contributed by atoms with E-state index in [9.17, 15) is 20.0 Å². The van der Waals surface area contributed by atoms with Crippen molar-refractivity contribution in [3.8, 4) is 6.07 Å². The van der Waals surface area contributed by atoms with E-state index in [-0.39, 0.29) is 23.6 Å². The number of aliphatic hydroxyl groups is 1. The second kappa shape index (κ2) is 12.9. The van der Waals surface area contributed by atoms with E-state index >= 15 is 0 Å². The molecule has 5 nitrogen and oxygen atoms in total. The average molecular weight is 667 g/mol. The van der Waals surface area contributed by atoms with Crippen LogP contribution in [0.15, 0.2) is 97.1 Å². The number of rotatable bonds is 7.